The predicted octanol–water partition coefficient (Wildman–Crippen LogP) is 3.66. The van der Waals surface area contributed by atoms with Crippen LogP contribution >= 0.6 is 24.2 Å². The maximum absolute atomic E-state index is 5.75. The molecule has 0 fully saturated rings. The van der Waals surface area contributed by atoms with Crippen molar-refractivity contribution < 1.29 is 4.48 Å². The van der Waals surface area contributed by atoms with Crippen LogP contribution in [0.5, 0.6) is 0 Å². The molecule has 2 N–H and O–H groups in total. The molecule has 17 heavy (non-hydrogen) atoms. The first-order valence-corrected chi connectivity index (χ1v) is 7.79. The second-order valence-electron chi connectivity index (χ2n) is 6.26. The summed E-state index contributed by atoms with van der Waals surface area (Å²) in [7, 11) is 0. The fourth-order valence-electron chi connectivity index (χ4n) is 2.66. The van der Waals surface area contributed by atoms with Crippen LogP contribution in [-0.4, -0.2) is 28.4 Å². The van der Waals surface area contributed by atoms with Gasteiger partial charge in [-0.2, -0.15) is 0 Å². The molecule has 0 aliphatic rings. The molecular formula is C13H29N2S2+. The van der Waals surface area contributed by atoms with Crippen molar-refractivity contribution in [2.45, 2.75) is 41.5 Å². The van der Waals surface area contributed by atoms with E-state index in [1.165, 1.54) is 11.9 Å². The maximum Gasteiger partial charge on any atom is 0.248 e. The molecule has 0 radical (unpaired) electrons. The molecule has 0 spiro atoms. The zero-order valence-electron chi connectivity index (χ0n) is 12.2. The Labute approximate surface area is 117 Å². The maximum atomic E-state index is 5.75. The second kappa shape index (κ2) is 7.72. The smallest absolute Gasteiger partial charge is 0.248 e. The number of hydrogen-bond acceptors (Lipinski definition) is 3. The van der Waals surface area contributed by atoms with E-state index in [0.29, 0.717) is 17.8 Å². The van der Waals surface area contributed by atoms with Crippen LogP contribution in [0, 0.1) is 17.8 Å². The highest BCUT2D eigenvalue weighted by molar-refractivity contribution is 8.21. The Kier molecular flexibility index (Phi) is 7.88. The number of nitrogens with two attached hydrogens (primary N) is 1. The van der Waals surface area contributed by atoms with Crippen molar-refractivity contribution in [3.63, 3.8) is 0 Å². The monoisotopic (exact) mass is 277 g/mol. The Balaban J connectivity index is 5.11. The first-order chi connectivity index (χ1) is 7.73. The van der Waals surface area contributed by atoms with E-state index in [0.717, 1.165) is 28.4 Å². The van der Waals surface area contributed by atoms with Gasteiger partial charge in [0, 0.05) is 29.7 Å². The molecule has 0 amide bonds. The van der Waals surface area contributed by atoms with E-state index in [2.05, 4.69) is 41.5 Å². The molecule has 0 saturated heterocycles. The Bertz CT molecular complexity index is 211. The first kappa shape index (κ1) is 17.4. The van der Waals surface area contributed by atoms with Crippen LogP contribution in [-0.2, 0) is 0 Å². The van der Waals surface area contributed by atoms with Crippen LogP contribution in [0.3, 0.4) is 0 Å². The van der Waals surface area contributed by atoms with Crippen molar-refractivity contribution in [2.24, 2.45) is 22.9 Å². The fraction of sp³-hybridized carbons (Fsp3) is 0.923. The number of hydrogen-bond donors (Lipinski definition) is 1. The normalized spacial score (nSPS) is 12.8. The molecule has 0 aromatic heterocycles. The highest BCUT2D eigenvalue weighted by Gasteiger charge is 2.35. The summed E-state index contributed by atoms with van der Waals surface area (Å²) in [5, 5.41) is 5.75. The summed E-state index contributed by atoms with van der Waals surface area (Å²) in [4.78, 5) is 0. The molecule has 0 unspecified atom stereocenters. The van der Waals surface area contributed by atoms with Gasteiger partial charge < -0.3 is 0 Å². The van der Waals surface area contributed by atoms with E-state index in [1.54, 1.807) is 0 Å². The zero-order chi connectivity index (χ0) is 13.6. The van der Waals surface area contributed by atoms with Crippen LogP contribution in [0.1, 0.15) is 41.5 Å². The lowest BCUT2D eigenvalue weighted by Crippen LogP contribution is -2.56. The Hall–Kier alpha value is 0.360. The molecule has 0 heterocycles. The van der Waals surface area contributed by atoms with E-state index in [4.69, 9.17) is 17.4 Å². The minimum atomic E-state index is 0.637. The van der Waals surface area contributed by atoms with Crippen molar-refractivity contribution in [1.82, 2.24) is 0 Å². The molecule has 0 aliphatic carbocycles. The van der Waals surface area contributed by atoms with E-state index in [9.17, 15) is 0 Å². The SMILES string of the molecule is CC(C)C[N+](CC(C)C)(CC(C)C)C(=S)SN. The predicted molar refractivity (Wildman–Crippen MR) is 83.8 cm³/mol. The first-order valence-electron chi connectivity index (χ1n) is 6.51. The van der Waals surface area contributed by atoms with Crippen molar-refractivity contribution >= 4 is 28.5 Å². The minimum absolute atomic E-state index is 0.637. The van der Waals surface area contributed by atoms with Gasteiger partial charge in [0.1, 0.15) is 0 Å². The molecule has 0 atom stereocenters. The van der Waals surface area contributed by atoms with Gasteiger partial charge in [-0.1, -0.05) is 41.5 Å². The number of rotatable bonds is 6. The van der Waals surface area contributed by atoms with Gasteiger partial charge >= 0.3 is 0 Å². The van der Waals surface area contributed by atoms with Gasteiger partial charge in [0.05, 0.1) is 19.6 Å². The summed E-state index contributed by atoms with van der Waals surface area (Å²) >= 11 is 6.82. The third-order valence-electron chi connectivity index (χ3n) is 2.63. The van der Waals surface area contributed by atoms with Gasteiger partial charge in [-0.25, -0.2) is 0 Å². The van der Waals surface area contributed by atoms with Crippen LogP contribution in [0.2, 0.25) is 0 Å². The molecule has 0 bridgehead atoms. The van der Waals surface area contributed by atoms with Crippen LogP contribution < -0.4 is 5.14 Å². The quantitative estimate of drug-likeness (QED) is 0.456. The largest absolute Gasteiger partial charge is 0.274 e. The summed E-state index contributed by atoms with van der Waals surface area (Å²) in [5.74, 6) is 1.91. The summed E-state index contributed by atoms with van der Waals surface area (Å²) < 4.78 is 1.84. The minimum Gasteiger partial charge on any atom is -0.274 e. The Morgan fingerprint density at radius 2 is 1.24 bits per heavy atom. The lowest BCUT2D eigenvalue weighted by Gasteiger charge is -2.41. The Morgan fingerprint density at radius 1 is 0.941 bits per heavy atom. The van der Waals surface area contributed by atoms with Gasteiger partial charge in [-0.3, -0.25) is 9.62 Å². The summed E-state index contributed by atoms with van der Waals surface area (Å²) in [5.41, 5.74) is 0. The number of quaternary nitrogens is 1. The molecule has 0 aromatic rings. The highest BCUT2D eigenvalue weighted by Crippen LogP contribution is 2.23. The van der Waals surface area contributed by atoms with Crippen LogP contribution in [0.25, 0.3) is 0 Å². The van der Waals surface area contributed by atoms with Gasteiger partial charge in [0.2, 0.25) is 4.32 Å². The topological polar surface area (TPSA) is 26.0 Å². The van der Waals surface area contributed by atoms with Gasteiger partial charge in [0.15, 0.2) is 0 Å². The molecule has 2 nitrogen and oxygen atoms in total. The number of thiocarbonyl (C=S) groups is 1. The van der Waals surface area contributed by atoms with Crippen molar-refractivity contribution in [3.8, 4) is 0 Å². The van der Waals surface area contributed by atoms with Crippen molar-refractivity contribution in [2.75, 3.05) is 19.6 Å². The molecule has 4 heteroatoms. The lowest BCUT2D eigenvalue weighted by atomic mass is 10.1. The van der Waals surface area contributed by atoms with Gasteiger partial charge in [-0.05, 0) is 12.2 Å². The third kappa shape index (κ3) is 6.18. The number of nitrogens with zero attached hydrogens (tertiary/aromatic N) is 1. The van der Waals surface area contributed by atoms with E-state index >= 15 is 0 Å². The average molecular weight is 278 g/mol. The van der Waals surface area contributed by atoms with Crippen molar-refractivity contribution in [1.29, 1.82) is 0 Å². The average Bonchev–Trinajstić information content (AvgIpc) is 2.12. The molecular weight excluding hydrogens is 248 g/mol. The zero-order valence-corrected chi connectivity index (χ0v) is 13.8. The van der Waals surface area contributed by atoms with E-state index < -0.39 is 0 Å². The Morgan fingerprint density at radius 3 is 1.41 bits per heavy atom. The standard InChI is InChI=1S/C13H29N2S2/c1-10(2)7-15(8-11(3)4,9-12(5)6)13(16)17-14/h10-12H,7-9,14H2,1-6H3/q+1. The van der Waals surface area contributed by atoms with Gasteiger partial charge in [0.25, 0.3) is 0 Å². The molecule has 0 saturated carbocycles. The molecule has 0 aliphatic heterocycles. The van der Waals surface area contributed by atoms with Gasteiger partial charge in [-0.15, -0.1) is 0 Å². The fourth-order valence-corrected chi connectivity index (χ4v) is 3.33. The highest BCUT2D eigenvalue weighted by atomic mass is 32.2. The molecule has 0 aromatic carbocycles. The van der Waals surface area contributed by atoms with E-state index in [-0.39, 0.29) is 0 Å². The second-order valence-corrected chi connectivity index (χ2v) is 7.53. The molecule has 0 rings (SSSR count). The van der Waals surface area contributed by atoms with Crippen LogP contribution in [0.4, 0.5) is 0 Å². The van der Waals surface area contributed by atoms with Crippen molar-refractivity contribution in [3.05, 3.63) is 0 Å². The molecule has 102 valence electrons. The van der Waals surface area contributed by atoms with Crippen LogP contribution in [0.15, 0.2) is 0 Å². The third-order valence-corrected chi connectivity index (χ3v) is 3.90. The van der Waals surface area contributed by atoms with E-state index in [1.807, 2.05) is 0 Å². The summed E-state index contributed by atoms with van der Waals surface area (Å²) in [6.45, 7) is 16.9. The lowest BCUT2D eigenvalue weighted by molar-refractivity contribution is -0.845. The summed E-state index contributed by atoms with van der Waals surface area (Å²) in [6, 6.07) is 0. The summed E-state index contributed by atoms with van der Waals surface area (Å²) in [6.07, 6.45) is 0.